The summed E-state index contributed by atoms with van der Waals surface area (Å²) in [5, 5.41) is 0. The fraction of sp³-hybridized carbons (Fsp3) is 0.273. The molecule has 0 bridgehead atoms. The highest BCUT2D eigenvalue weighted by molar-refractivity contribution is 5.53. The minimum absolute atomic E-state index is 0.0224. The quantitative estimate of drug-likeness (QED) is 0.555. The molecule has 1 aliphatic rings. The topological polar surface area (TPSA) is 56.6 Å². The van der Waals surface area contributed by atoms with E-state index in [0.717, 1.165) is 30.3 Å². The van der Waals surface area contributed by atoms with Crippen LogP contribution in [0.5, 0.6) is 5.75 Å². The molecule has 168 valence electrons. The van der Waals surface area contributed by atoms with Gasteiger partial charge in [0.25, 0.3) is 5.56 Å². The molecule has 10 heteroatoms. The molecule has 0 spiro atoms. The Morgan fingerprint density at radius 3 is 2.50 bits per heavy atom. The Labute approximate surface area is 180 Å². The van der Waals surface area contributed by atoms with Crippen LogP contribution in [0.25, 0.3) is 5.69 Å². The molecule has 0 amide bonds. The van der Waals surface area contributed by atoms with E-state index in [2.05, 4.69) is 9.72 Å². The minimum Gasteiger partial charge on any atom is -0.426 e. The molecule has 0 unspecified atom stereocenters. The van der Waals surface area contributed by atoms with Crippen LogP contribution in [0.4, 0.5) is 23.2 Å². The number of benzene rings is 2. The van der Waals surface area contributed by atoms with E-state index >= 15 is 8.78 Å². The van der Waals surface area contributed by atoms with Gasteiger partial charge in [-0.2, -0.15) is 8.78 Å². The lowest BCUT2D eigenvalue weighted by Crippen LogP contribution is -2.37. The standard InChI is InChI=1S/C22H19F4N3O3/c1-14-11-20(30)29(16-5-6-19(18(24)13-16)28-7-9-31-10-8-28)21(27-14)22(25,26)32-17-4-2-3-15(23)12-17/h2-6,11-13H,7-10H2,1H3. The Morgan fingerprint density at radius 1 is 1.06 bits per heavy atom. The van der Waals surface area contributed by atoms with Gasteiger partial charge in [-0.3, -0.25) is 9.36 Å². The summed E-state index contributed by atoms with van der Waals surface area (Å²) in [6.07, 6.45) is -4.11. The first kappa shape index (κ1) is 21.8. The molecule has 0 atom stereocenters. The molecule has 1 aliphatic heterocycles. The average molecular weight is 449 g/mol. The number of halogens is 4. The SMILES string of the molecule is Cc1cc(=O)n(-c2ccc(N3CCOCC3)c(F)c2)c(C(F)(F)Oc2cccc(F)c2)n1. The van der Waals surface area contributed by atoms with E-state index in [1.54, 1.807) is 4.90 Å². The van der Waals surface area contributed by atoms with E-state index in [9.17, 15) is 13.6 Å². The van der Waals surface area contributed by atoms with Crippen molar-refractivity contribution in [2.75, 3.05) is 31.2 Å². The Kier molecular flexibility index (Phi) is 5.88. The van der Waals surface area contributed by atoms with E-state index in [0.29, 0.717) is 30.9 Å². The molecule has 2 heterocycles. The Hall–Kier alpha value is -3.40. The van der Waals surface area contributed by atoms with Crippen molar-refractivity contribution in [2.24, 2.45) is 0 Å². The summed E-state index contributed by atoms with van der Waals surface area (Å²) in [4.78, 5) is 18.2. The van der Waals surface area contributed by atoms with Crippen molar-refractivity contribution in [1.82, 2.24) is 9.55 Å². The number of hydrogen-bond donors (Lipinski definition) is 0. The number of aromatic nitrogens is 2. The molecule has 0 N–H and O–H groups in total. The fourth-order valence-electron chi connectivity index (χ4n) is 3.46. The largest absolute Gasteiger partial charge is 0.461 e. The zero-order valence-electron chi connectivity index (χ0n) is 17.0. The van der Waals surface area contributed by atoms with Gasteiger partial charge in [0.05, 0.1) is 24.6 Å². The zero-order chi connectivity index (χ0) is 22.9. The Bertz CT molecular complexity index is 1190. The predicted molar refractivity (Wildman–Crippen MR) is 108 cm³/mol. The monoisotopic (exact) mass is 449 g/mol. The van der Waals surface area contributed by atoms with Crippen LogP contribution in [0.1, 0.15) is 11.5 Å². The maximum Gasteiger partial charge on any atom is 0.461 e. The van der Waals surface area contributed by atoms with Crippen LogP contribution < -0.4 is 15.2 Å². The van der Waals surface area contributed by atoms with E-state index in [1.807, 2.05) is 0 Å². The minimum atomic E-state index is -4.11. The fourth-order valence-corrected chi connectivity index (χ4v) is 3.46. The lowest BCUT2D eigenvalue weighted by molar-refractivity contribution is -0.193. The molecule has 32 heavy (non-hydrogen) atoms. The highest BCUT2D eigenvalue weighted by Crippen LogP contribution is 2.32. The van der Waals surface area contributed by atoms with Gasteiger partial charge in [-0.25, -0.2) is 13.8 Å². The summed E-state index contributed by atoms with van der Waals surface area (Å²) >= 11 is 0. The first-order chi connectivity index (χ1) is 15.2. The van der Waals surface area contributed by atoms with Gasteiger partial charge in [0, 0.05) is 37.0 Å². The second-order valence-corrected chi connectivity index (χ2v) is 7.21. The molecule has 1 aromatic heterocycles. The van der Waals surface area contributed by atoms with Crippen LogP contribution in [0.15, 0.2) is 53.3 Å². The molecule has 0 aliphatic carbocycles. The summed E-state index contributed by atoms with van der Waals surface area (Å²) in [6, 6.07) is 9.02. The third kappa shape index (κ3) is 4.45. The van der Waals surface area contributed by atoms with E-state index in [4.69, 9.17) is 4.74 Å². The molecule has 4 rings (SSSR count). The van der Waals surface area contributed by atoms with Gasteiger partial charge in [0.1, 0.15) is 17.4 Å². The van der Waals surface area contributed by atoms with Crippen molar-refractivity contribution in [3.63, 3.8) is 0 Å². The van der Waals surface area contributed by atoms with E-state index < -0.39 is 34.9 Å². The number of ether oxygens (including phenoxy) is 2. The molecule has 6 nitrogen and oxygen atoms in total. The van der Waals surface area contributed by atoms with Crippen molar-refractivity contribution in [3.05, 3.63) is 82.0 Å². The number of rotatable bonds is 5. The molecular weight excluding hydrogens is 430 g/mol. The molecule has 0 radical (unpaired) electrons. The first-order valence-corrected chi connectivity index (χ1v) is 9.81. The van der Waals surface area contributed by atoms with Crippen molar-refractivity contribution in [2.45, 2.75) is 13.0 Å². The molecule has 1 fully saturated rings. The van der Waals surface area contributed by atoms with Gasteiger partial charge in [-0.15, -0.1) is 0 Å². The molecule has 2 aromatic carbocycles. The summed E-state index contributed by atoms with van der Waals surface area (Å²) in [7, 11) is 0. The van der Waals surface area contributed by atoms with Gasteiger partial charge in [-0.05, 0) is 31.2 Å². The lowest BCUT2D eigenvalue weighted by Gasteiger charge is -2.29. The summed E-state index contributed by atoms with van der Waals surface area (Å²) in [5.74, 6) is -2.96. The van der Waals surface area contributed by atoms with Crippen LogP contribution >= 0.6 is 0 Å². The maximum absolute atomic E-state index is 15.1. The van der Waals surface area contributed by atoms with Gasteiger partial charge >= 0.3 is 6.11 Å². The van der Waals surface area contributed by atoms with Crippen molar-refractivity contribution in [1.29, 1.82) is 0 Å². The molecule has 0 saturated carbocycles. The number of anilines is 1. The number of aryl methyl sites for hydroxylation is 1. The van der Waals surface area contributed by atoms with Gasteiger partial charge in [0.15, 0.2) is 0 Å². The van der Waals surface area contributed by atoms with Crippen molar-refractivity contribution < 1.29 is 27.0 Å². The summed E-state index contributed by atoms with van der Waals surface area (Å²) in [5.41, 5.74) is -0.688. The third-order valence-corrected chi connectivity index (χ3v) is 4.89. The maximum atomic E-state index is 15.1. The smallest absolute Gasteiger partial charge is 0.426 e. The summed E-state index contributed by atoms with van der Waals surface area (Å²) in [6.45, 7) is 3.21. The molecular formula is C22H19F4N3O3. The van der Waals surface area contributed by atoms with Crippen LogP contribution in [0.2, 0.25) is 0 Å². The number of alkyl halides is 2. The van der Waals surface area contributed by atoms with Gasteiger partial charge in [0.2, 0.25) is 5.82 Å². The highest BCUT2D eigenvalue weighted by atomic mass is 19.3. The Balaban J connectivity index is 1.76. The Morgan fingerprint density at radius 2 is 1.81 bits per heavy atom. The van der Waals surface area contributed by atoms with Gasteiger partial charge < -0.3 is 14.4 Å². The molecule has 3 aromatic rings. The van der Waals surface area contributed by atoms with E-state index in [1.165, 1.54) is 25.1 Å². The highest BCUT2D eigenvalue weighted by Gasteiger charge is 2.41. The summed E-state index contributed by atoms with van der Waals surface area (Å²) < 4.78 is 68.9. The normalized spacial score (nSPS) is 14.5. The number of hydrogen-bond acceptors (Lipinski definition) is 5. The van der Waals surface area contributed by atoms with Crippen LogP contribution in [-0.4, -0.2) is 35.9 Å². The van der Waals surface area contributed by atoms with Crippen LogP contribution in [-0.2, 0) is 10.8 Å². The lowest BCUT2D eigenvalue weighted by atomic mass is 10.2. The average Bonchev–Trinajstić information content (AvgIpc) is 2.73. The van der Waals surface area contributed by atoms with Gasteiger partial charge in [-0.1, -0.05) is 6.07 Å². The second kappa shape index (κ2) is 8.62. The molecule has 1 saturated heterocycles. The van der Waals surface area contributed by atoms with E-state index in [-0.39, 0.29) is 17.1 Å². The first-order valence-electron chi connectivity index (χ1n) is 9.81. The van der Waals surface area contributed by atoms with Crippen molar-refractivity contribution >= 4 is 5.69 Å². The second-order valence-electron chi connectivity index (χ2n) is 7.21. The van der Waals surface area contributed by atoms with Crippen LogP contribution in [0.3, 0.4) is 0 Å². The number of morpholine rings is 1. The third-order valence-electron chi connectivity index (χ3n) is 4.89. The van der Waals surface area contributed by atoms with Crippen LogP contribution in [0, 0.1) is 18.6 Å². The number of nitrogens with zero attached hydrogens (tertiary/aromatic N) is 3. The predicted octanol–water partition coefficient (Wildman–Crippen LogP) is 3.78. The zero-order valence-corrected chi connectivity index (χ0v) is 17.0. The van der Waals surface area contributed by atoms with Crippen molar-refractivity contribution in [3.8, 4) is 11.4 Å².